The number of ether oxygens (including phenoxy) is 2. The van der Waals surface area contributed by atoms with Crippen molar-refractivity contribution in [1.82, 2.24) is 0 Å². The van der Waals surface area contributed by atoms with Gasteiger partial charge in [-0.3, -0.25) is 0 Å². The van der Waals surface area contributed by atoms with Crippen molar-refractivity contribution in [2.24, 2.45) is 0 Å². The lowest BCUT2D eigenvalue weighted by molar-refractivity contribution is -0.466. The topological polar surface area (TPSA) is 18.5 Å². The minimum absolute atomic E-state index is 0.573. The van der Waals surface area contributed by atoms with Gasteiger partial charge in [0.05, 0.1) is 12.9 Å². The molecule has 0 aliphatic rings. The first-order valence-corrected chi connectivity index (χ1v) is 8.49. The molecular weight excluding hydrogens is 592 g/mol. The van der Waals surface area contributed by atoms with Crippen LogP contribution in [0, 0.1) is 0 Å². The van der Waals surface area contributed by atoms with Crippen molar-refractivity contribution < 1.29 is 97.3 Å². The van der Waals surface area contributed by atoms with E-state index in [0.717, 1.165) is 0 Å². The summed E-state index contributed by atoms with van der Waals surface area (Å²) >= 11 is 0. The van der Waals surface area contributed by atoms with E-state index in [1.807, 2.05) is 0 Å². The molecule has 0 amide bonds. The van der Waals surface area contributed by atoms with E-state index in [9.17, 15) is 87.8 Å². The molecule has 37 heavy (non-hydrogen) atoms. The van der Waals surface area contributed by atoms with Crippen LogP contribution in [0.2, 0.25) is 0 Å². The summed E-state index contributed by atoms with van der Waals surface area (Å²) in [5.74, 6) is -75.1. The maximum Gasteiger partial charge on any atom is 0.385 e. The summed E-state index contributed by atoms with van der Waals surface area (Å²) in [7, 11) is 0. The fourth-order valence-electron chi connectivity index (χ4n) is 2.04. The van der Waals surface area contributed by atoms with Crippen molar-refractivity contribution in [3.8, 4) is 0 Å². The van der Waals surface area contributed by atoms with E-state index < -0.39 is 79.5 Å². The normalized spacial score (nSPS) is 15.8. The molecule has 0 aromatic carbocycles. The van der Waals surface area contributed by atoms with Crippen molar-refractivity contribution in [1.29, 1.82) is 0 Å². The maximum atomic E-state index is 13.6. The predicted octanol–water partition coefficient (Wildman–Crippen LogP) is 7.15. The zero-order chi connectivity index (χ0) is 30.3. The molecule has 0 radical (unpaired) electrons. The quantitative estimate of drug-likeness (QED) is 0.113. The van der Waals surface area contributed by atoms with Crippen LogP contribution in [0.25, 0.3) is 0 Å². The van der Waals surface area contributed by atoms with Crippen LogP contribution in [-0.4, -0.2) is 79.5 Å². The molecule has 0 aromatic rings. The van der Waals surface area contributed by atoms with Crippen LogP contribution < -0.4 is 0 Å². The van der Waals surface area contributed by atoms with Gasteiger partial charge >= 0.3 is 59.7 Å². The lowest BCUT2D eigenvalue weighted by atomic mass is 9.86. The second-order valence-corrected chi connectivity index (χ2v) is 6.74. The van der Waals surface area contributed by atoms with E-state index in [2.05, 4.69) is 16.1 Å². The lowest BCUT2D eigenvalue weighted by Crippen LogP contribution is -2.76. The SMILES string of the molecule is C=COCCOCC(F)(F)C(F)(F)C(F)(F)C(F)(F)C(F)(F)C(F)(F)C(F)(F)C(F)(F)C(F)(F)C(F)F. The van der Waals surface area contributed by atoms with Crippen LogP contribution in [0.1, 0.15) is 0 Å². The Balaban J connectivity index is 6.63. The molecule has 0 unspecified atom stereocenters. The molecule has 0 rings (SSSR count). The molecule has 22 heteroatoms. The Bertz CT molecular complexity index is 789. The molecule has 0 aliphatic carbocycles. The fraction of sp³-hybridized carbons (Fsp3) is 0.867. The van der Waals surface area contributed by atoms with Crippen LogP contribution >= 0.6 is 0 Å². The molecule has 0 saturated carbocycles. The highest BCUT2D eigenvalue weighted by molar-refractivity contribution is 5.17. The van der Waals surface area contributed by atoms with Gasteiger partial charge in [0.2, 0.25) is 0 Å². The minimum Gasteiger partial charge on any atom is -0.499 e. The van der Waals surface area contributed by atoms with Gasteiger partial charge in [0.1, 0.15) is 13.2 Å². The van der Waals surface area contributed by atoms with Gasteiger partial charge in [-0.15, -0.1) is 0 Å². The highest BCUT2D eigenvalue weighted by atomic mass is 19.4. The van der Waals surface area contributed by atoms with E-state index >= 15 is 0 Å². The zero-order valence-electron chi connectivity index (χ0n) is 16.9. The van der Waals surface area contributed by atoms with Crippen molar-refractivity contribution in [3.05, 3.63) is 12.8 Å². The zero-order valence-corrected chi connectivity index (χ0v) is 16.9. The first kappa shape index (κ1) is 35.1. The molecule has 0 bridgehead atoms. The summed E-state index contributed by atoms with van der Waals surface area (Å²) in [6.07, 6.45) is -5.52. The third-order valence-electron chi connectivity index (χ3n) is 4.26. The number of alkyl halides is 20. The fourth-order valence-corrected chi connectivity index (χ4v) is 2.04. The van der Waals surface area contributed by atoms with E-state index in [4.69, 9.17) is 0 Å². The van der Waals surface area contributed by atoms with Crippen LogP contribution in [0.15, 0.2) is 12.8 Å². The molecule has 0 fully saturated rings. The third kappa shape index (κ3) is 4.97. The molecule has 0 spiro atoms. The summed E-state index contributed by atoms with van der Waals surface area (Å²) in [6, 6.07) is 0. The van der Waals surface area contributed by atoms with Crippen molar-refractivity contribution in [2.45, 2.75) is 59.7 Å². The standard InChI is InChI=1S/C15H10F20O2/c1-2-36-3-4-37-5-7(18,19)9(22,23)11(26,27)13(30,31)15(34,35)14(32,33)12(28,29)10(24,25)8(20,21)6(16)17/h2,6H,1,3-5H2. The number of hydrogen-bond donors (Lipinski definition) is 0. The van der Waals surface area contributed by atoms with Gasteiger partial charge in [-0.2, -0.15) is 79.0 Å². The minimum atomic E-state index is -9.02. The Morgan fingerprint density at radius 2 is 0.838 bits per heavy atom. The van der Waals surface area contributed by atoms with Crippen molar-refractivity contribution >= 4 is 0 Å². The molecule has 0 aromatic heterocycles. The third-order valence-corrected chi connectivity index (χ3v) is 4.26. The monoisotopic (exact) mass is 602 g/mol. The number of rotatable bonds is 15. The van der Waals surface area contributed by atoms with E-state index in [-0.39, 0.29) is 0 Å². The van der Waals surface area contributed by atoms with Gasteiger partial charge in [0.25, 0.3) is 0 Å². The molecule has 222 valence electrons. The molecule has 2 nitrogen and oxygen atoms in total. The van der Waals surface area contributed by atoms with E-state index in [1.165, 1.54) is 0 Å². The molecular formula is C15H10F20O2. The second-order valence-electron chi connectivity index (χ2n) is 6.74. The summed E-state index contributed by atoms with van der Waals surface area (Å²) in [5, 5.41) is 0. The van der Waals surface area contributed by atoms with Crippen LogP contribution in [0.3, 0.4) is 0 Å². The lowest BCUT2D eigenvalue weighted by Gasteiger charge is -2.44. The second kappa shape index (κ2) is 10.0. The number of halogens is 20. The molecule has 0 N–H and O–H groups in total. The first-order chi connectivity index (χ1) is 16.0. The first-order valence-electron chi connectivity index (χ1n) is 8.49. The Labute approximate surface area is 191 Å². The Kier molecular flexibility index (Phi) is 9.49. The Morgan fingerprint density at radius 1 is 0.514 bits per heavy atom. The van der Waals surface area contributed by atoms with Gasteiger partial charge in [0, 0.05) is 0 Å². The number of hydrogen-bond acceptors (Lipinski definition) is 2. The van der Waals surface area contributed by atoms with Gasteiger partial charge in [-0.1, -0.05) is 6.58 Å². The van der Waals surface area contributed by atoms with Gasteiger partial charge < -0.3 is 9.47 Å². The molecule has 0 atom stereocenters. The van der Waals surface area contributed by atoms with Crippen LogP contribution in [0.5, 0.6) is 0 Å². The highest BCUT2D eigenvalue weighted by Gasteiger charge is 2.96. The average Bonchev–Trinajstić information content (AvgIpc) is 2.72. The summed E-state index contributed by atoms with van der Waals surface area (Å²) in [6.45, 7) is -2.31. The average molecular weight is 602 g/mol. The van der Waals surface area contributed by atoms with Gasteiger partial charge in [-0.05, 0) is 0 Å². The highest BCUT2D eigenvalue weighted by Crippen LogP contribution is 2.65. The summed E-state index contributed by atoms with van der Waals surface area (Å²) in [4.78, 5) is 0. The molecule has 0 saturated heterocycles. The van der Waals surface area contributed by atoms with E-state index in [1.54, 1.807) is 0 Å². The Morgan fingerprint density at radius 3 is 1.16 bits per heavy atom. The molecule has 0 aliphatic heterocycles. The van der Waals surface area contributed by atoms with Gasteiger partial charge in [-0.25, -0.2) is 8.78 Å². The summed E-state index contributed by atoms with van der Waals surface area (Å²) < 4.78 is 272. The van der Waals surface area contributed by atoms with Crippen LogP contribution in [-0.2, 0) is 9.47 Å². The predicted molar refractivity (Wildman–Crippen MR) is 77.5 cm³/mol. The van der Waals surface area contributed by atoms with Gasteiger partial charge in [0.15, 0.2) is 0 Å². The van der Waals surface area contributed by atoms with Crippen molar-refractivity contribution in [3.63, 3.8) is 0 Å². The maximum absolute atomic E-state index is 13.6. The Hall–Kier alpha value is -1.90. The molecule has 0 heterocycles. The van der Waals surface area contributed by atoms with Crippen molar-refractivity contribution in [2.75, 3.05) is 19.8 Å². The summed E-state index contributed by atoms with van der Waals surface area (Å²) in [5.41, 5.74) is 0. The van der Waals surface area contributed by atoms with Crippen LogP contribution in [0.4, 0.5) is 87.8 Å². The smallest absolute Gasteiger partial charge is 0.385 e. The van der Waals surface area contributed by atoms with E-state index in [0.29, 0.717) is 6.26 Å². The largest absolute Gasteiger partial charge is 0.499 e.